The van der Waals surface area contributed by atoms with Gasteiger partial charge in [-0.05, 0) is 26.2 Å². The zero-order chi connectivity index (χ0) is 9.31. The molecule has 1 heterocycles. The van der Waals surface area contributed by atoms with Gasteiger partial charge in [0.05, 0.1) is 0 Å². The van der Waals surface area contributed by atoms with Crippen LogP contribution in [0.15, 0.2) is 0 Å². The second-order valence-electron chi connectivity index (χ2n) is 3.72. The van der Waals surface area contributed by atoms with Crippen LogP contribution in [0.1, 0.15) is 25.1 Å². The van der Waals surface area contributed by atoms with E-state index in [1.54, 1.807) is 0 Å². The molecule has 1 aromatic rings. The number of hydrogen-bond acceptors (Lipinski definition) is 5. The summed E-state index contributed by atoms with van der Waals surface area (Å²) in [6.45, 7) is 2.71. The topological polar surface area (TPSA) is 63.8 Å². The lowest BCUT2D eigenvalue weighted by atomic mass is 9.78. The number of nitrogens with two attached hydrogens (primary N) is 1. The van der Waals surface area contributed by atoms with Gasteiger partial charge >= 0.3 is 0 Å². The fourth-order valence-electron chi connectivity index (χ4n) is 1.43. The second kappa shape index (κ2) is 3.23. The van der Waals surface area contributed by atoms with Crippen molar-refractivity contribution in [2.24, 2.45) is 5.73 Å². The van der Waals surface area contributed by atoms with Gasteiger partial charge in [-0.15, -0.1) is 0 Å². The fourth-order valence-corrected chi connectivity index (χ4v) is 2.00. The normalized spacial score (nSPS) is 19.5. The highest BCUT2D eigenvalue weighted by molar-refractivity contribution is 7.09. The van der Waals surface area contributed by atoms with Gasteiger partial charge in [-0.3, -0.25) is 0 Å². The monoisotopic (exact) mass is 198 g/mol. The highest BCUT2D eigenvalue weighted by Gasteiger charge is 2.32. The predicted octanol–water partition coefficient (Wildman–Crippen LogP) is 1.14. The largest absolute Gasteiger partial charge is 0.358 e. The number of rotatable bonds is 3. The Hall–Kier alpha value is -0.680. The fraction of sp³-hybridized carbons (Fsp3) is 0.750. The van der Waals surface area contributed by atoms with Gasteiger partial charge in [0.1, 0.15) is 5.82 Å². The van der Waals surface area contributed by atoms with Crippen molar-refractivity contribution in [2.45, 2.75) is 31.7 Å². The maximum atomic E-state index is 6.05. The summed E-state index contributed by atoms with van der Waals surface area (Å²) in [6.07, 6.45) is 3.50. The minimum atomic E-state index is 0.0135. The molecule has 4 nitrogen and oxygen atoms in total. The lowest BCUT2D eigenvalue weighted by molar-refractivity contribution is 0.265. The number of aryl methyl sites for hydroxylation is 1. The van der Waals surface area contributed by atoms with Crippen molar-refractivity contribution in [3.05, 3.63) is 5.82 Å². The molecule has 0 atom stereocenters. The van der Waals surface area contributed by atoms with E-state index >= 15 is 0 Å². The average Bonchev–Trinajstić information content (AvgIpc) is 2.44. The van der Waals surface area contributed by atoms with Crippen LogP contribution in [0.5, 0.6) is 0 Å². The molecular formula is C8H14N4S. The first-order chi connectivity index (χ1) is 6.18. The Kier molecular flexibility index (Phi) is 2.21. The zero-order valence-electron chi connectivity index (χ0n) is 7.71. The van der Waals surface area contributed by atoms with Crippen LogP contribution >= 0.6 is 11.5 Å². The van der Waals surface area contributed by atoms with Gasteiger partial charge in [-0.1, -0.05) is 0 Å². The van der Waals surface area contributed by atoms with Gasteiger partial charge < -0.3 is 11.1 Å². The molecule has 0 bridgehead atoms. The Bertz CT molecular complexity index is 292. The zero-order valence-corrected chi connectivity index (χ0v) is 8.52. The van der Waals surface area contributed by atoms with Crippen molar-refractivity contribution in [1.29, 1.82) is 0 Å². The van der Waals surface area contributed by atoms with Crippen LogP contribution in [0.2, 0.25) is 0 Å². The first kappa shape index (κ1) is 8.90. The van der Waals surface area contributed by atoms with Crippen LogP contribution in [0.25, 0.3) is 0 Å². The smallest absolute Gasteiger partial charge is 0.202 e. The van der Waals surface area contributed by atoms with Crippen molar-refractivity contribution in [3.8, 4) is 0 Å². The molecule has 0 aliphatic heterocycles. The molecular weight excluding hydrogens is 184 g/mol. The average molecular weight is 198 g/mol. The van der Waals surface area contributed by atoms with Gasteiger partial charge in [-0.25, -0.2) is 4.98 Å². The van der Waals surface area contributed by atoms with Gasteiger partial charge in [-0.2, -0.15) is 4.37 Å². The van der Waals surface area contributed by atoms with Crippen molar-refractivity contribution in [3.63, 3.8) is 0 Å². The van der Waals surface area contributed by atoms with E-state index in [9.17, 15) is 0 Å². The van der Waals surface area contributed by atoms with Crippen molar-refractivity contribution >= 4 is 16.7 Å². The molecule has 0 aromatic carbocycles. The molecule has 5 heteroatoms. The quantitative estimate of drug-likeness (QED) is 0.764. The molecule has 3 N–H and O–H groups in total. The van der Waals surface area contributed by atoms with Crippen LogP contribution in [-0.4, -0.2) is 21.4 Å². The molecule has 1 aliphatic rings. The molecule has 72 valence electrons. The van der Waals surface area contributed by atoms with Crippen LogP contribution in [0.3, 0.4) is 0 Å². The number of aromatic nitrogens is 2. The highest BCUT2D eigenvalue weighted by Crippen LogP contribution is 2.29. The van der Waals surface area contributed by atoms with Crippen molar-refractivity contribution in [1.82, 2.24) is 9.36 Å². The Balaban J connectivity index is 1.85. The summed E-state index contributed by atoms with van der Waals surface area (Å²) < 4.78 is 4.09. The van der Waals surface area contributed by atoms with Crippen LogP contribution in [0.4, 0.5) is 5.13 Å². The molecule has 1 saturated carbocycles. The summed E-state index contributed by atoms with van der Waals surface area (Å²) in [5.41, 5.74) is 6.06. The molecule has 0 spiro atoms. The second-order valence-corrected chi connectivity index (χ2v) is 4.47. The Morgan fingerprint density at radius 1 is 1.62 bits per heavy atom. The Morgan fingerprint density at radius 3 is 2.85 bits per heavy atom. The molecule has 0 radical (unpaired) electrons. The summed E-state index contributed by atoms with van der Waals surface area (Å²) in [5, 5.41) is 4.11. The maximum Gasteiger partial charge on any atom is 0.202 e. The maximum absolute atomic E-state index is 6.05. The van der Waals surface area contributed by atoms with Crippen LogP contribution in [-0.2, 0) is 0 Å². The highest BCUT2D eigenvalue weighted by atomic mass is 32.1. The van der Waals surface area contributed by atoms with E-state index in [2.05, 4.69) is 14.7 Å². The summed E-state index contributed by atoms with van der Waals surface area (Å²) in [6, 6.07) is 0. The lowest BCUT2D eigenvalue weighted by Crippen LogP contribution is -2.51. The third kappa shape index (κ3) is 1.97. The molecule has 1 aliphatic carbocycles. The Labute approximate surface area is 81.7 Å². The molecule has 0 unspecified atom stereocenters. The van der Waals surface area contributed by atoms with E-state index in [0.29, 0.717) is 0 Å². The first-order valence-corrected chi connectivity index (χ1v) is 5.28. The lowest BCUT2D eigenvalue weighted by Gasteiger charge is -2.37. The van der Waals surface area contributed by atoms with Gasteiger partial charge in [0.15, 0.2) is 0 Å². The Morgan fingerprint density at radius 2 is 2.38 bits per heavy atom. The van der Waals surface area contributed by atoms with Crippen molar-refractivity contribution < 1.29 is 0 Å². The standard InChI is InChI=1S/C8H14N4S/c1-6-11-7(13-12-6)10-5-8(9)3-2-4-8/h2-5,9H2,1H3,(H,10,11,12). The summed E-state index contributed by atoms with van der Waals surface area (Å²) in [4.78, 5) is 4.21. The molecule has 13 heavy (non-hydrogen) atoms. The molecule has 0 saturated heterocycles. The third-order valence-electron chi connectivity index (χ3n) is 2.47. The van der Waals surface area contributed by atoms with E-state index in [4.69, 9.17) is 5.73 Å². The van der Waals surface area contributed by atoms with Crippen LogP contribution < -0.4 is 11.1 Å². The summed E-state index contributed by atoms with van der Waals surface area (Å²) in [5.74, 6) is 0.826. The first-order valence-electron chi connectivity index (χ1n) is 4.51. The minimum absolute atomic E-state index is 0.0135. The molecule has 2 rings (SSSR count). The van der Waals surface area contributed by atoms with E-state index < -0.39 is 0 Å². The van der Waals surface area contributed by atoms with Crippen LogP contribution in [0, 0.1) is 6.92 Å². The summed E-state index contributed by atoms with van der Waals surface area (Å²) >= 11 is 1.40. The van der Waals surface area contributed by atoms with E-state index in [1.165, 1.54) is 18.0 Å². The van der Waals surface area contributed by atoms with E-state index in [1.807, 2.05) is 6.92 Å². The SMILES string of the molecule is Cc1nsc(NCC2(N)CCC2)n1. The van der Waals surface area contributed by atoms with E-state index in [-0.39, 0.29) is 5.54 Å². The molecule has 1 fully saturated rings. The summed E-state index contributed by atoms with van der Waals surface area (Å²) in [7, 11) is 0. The van der Waals surface area contributed by atoms with Gasteiger partial charge in [0, 0.05) is 23.6 Å². The van der Waals surface area contributed by atoms with Gasteiger partial charge in [0.25, 0.3) is 0 Å². The molecule has 0 amide bonds. The number of hydrogen-bond donors (Lipinski definition) is 2. The third-order valence-corrected chi connectivity index (χ3v) is 3.23. The van der Waals surface area contributed by atoms with Crippen molar-refractivity contribution in [2.75, 3.05) is 11.9 Å². The van der Waals surface area contributed by atoms with E-state index in [0.717, 1.165) is 30.3 Å². The number of nitrogens with zero attached hydrogens (tertiary/aromatic N) is 2. The molecule has 1 aromatic heterocycles. The number of nitrogens with one attached hydrogen (secondary N) is 1. The predicted molar refractivity (Wildman–Crippen MR) is 53.9 cm³/mol. The van der Waals surface area contributed by atoms with Gasteiger partial charge in [0.2, 0.25) is 5.13 Å². The minimum Gasteiger partial charge on any atom is -0.358 e. The number of anilines is 1.